The number of aryl methyl sites for hydroxylation is 1. The van der Waals surface area contributed by atoms with Crippen LogP contribution in [0.25, 0.3) is 12.2 Å². The minimum atomic E-state index is -0.311. The Hall–Kier alpha value is -2.35. The Morgan fingerprint density at radius 1 is 1.00 bits per heavy atom. The van der Waals surface area contributed by atoms with Gasteiger partial charge in [-0.15, -0.1) is 0 Å². The van der Waals surface area contributed by atoms with E-state index in [0.717, 1.165) is 5.56 Å². The third-order valence-corrected chi connectivity index (χ3v) is 2.98. The molecule has 0 saturated carbocycles. The van der Waals surface area contributed by atoms with E-state index in [9.17, 15) is 4.79 Å². The quantitative estimate of drug-likeness (QED) is 0.610. The van der Waals surface area contributed by atoms with Crippen LogP contribution >= 0.6 is 0 Å². The molecule has 0 amide bonds. The van der Waals surface area contributed by atoms with Gasteiger partial charge in [-0.05, 0) is 35.7 Å². The van der Waals surface area contributed by atoms with Gasteiger partial charge in [0.1, 0.15) is 0 Å². The third kappa shape index (κ3) is 3.32. The fourth-order valence-corrected chi connectivity index (χ4v) is 1.81. The second-order valence-corrected chi connectivity index (χ2v) is 4.30. The minimum Gasteiger partial charge on any atom is -0.465 e. The van der Waals surface area contributed by atoms with Crippen molar-refractivity contribution >= 4 is 18.1 Å². The van der Waals surface area contributed by atoms with Crippen LogP contribution in [0.15, 0.2) is 48.5 Å². The molecule has 0 fully saturated rings. The lowest BCUT2D eigenvalue weighted by Crippen LogP contribution is -2.00. The molecule has 0 atom stereocenters. The molecule has 2 aromatic carbocycles. The molecule has 0 spiro atoms. The van der Waals surface area contributed by atoms with Crippen LogP contribution < -0.4 is 0 Å². The Labute approximate surface area is 113 Å². The number of hydrogen-bond donors (Lipinski definition) is 0. The molecule has 0 aliphatic heterocycles. The lowest BCUT2D eigenvalue weighted by molar-refractivity contribution is 0.0601. The number of methoxy groups -OCH3 is 1. The summed E-state index contributed by atoms with van der Waals surface area (Å²) in [6.45, 7) is 2.08. The van der Waals surface area contributed by atoms with E-state index in [1.54, 1.807) is 12.1 Å². The number of carbonyl (C=O) groups is 1. The summed E-state index contributed by atoms with van der Waals surface area (Å²) in [4.78, 5) is 11.3. The first-order valence-electron chi connectivity index (χ1n) is 6.13. The van der Waals surface area contributed by atoms with Gasteiger partial charge in [0, 0.05) is 0 Å². The number of benzene rings is 2. The van der Waals surface area contributed by atoms with Gasteiger partial charge in [0.25, 0.3) is 0 Å². The molecule has 0 saturated heterocycles. The summed E-state index contributed by atoms with van der Waals surface area (Å²) < 4.78 is 4.66. The monoisotopic (exact) mass is 252 g/mol. The zero-order chi connectivity index (χ0) is 13.7. The van der Waals surface area contributed by atoms with Crippen LogP contribution in [0.5, 0.6) is 0 Å². The van der Waals surface area contributed by atoms with Gasteiger partial charge in [-0.25, -0.2) is 4.79 Å². The Kier molecular flexibility index (Phi) is 4.14. The van der Waals surface area contributed by atoms with Gasteiger partial charge in [-0.2, -0.15) is 0 Å². The minimum absolute atomic E-state index is 0.311. The summed E-state index contributed by atoms with van der Waals surface area (Å²) in [6, 6.07) is 15.5. The Balaban J connectivity index is 2.16. The summed E-state index contributed by atoms with van der Waals surface area (Å²) in [5.41, 5.74) is 4.05. The average Bonchev–Trinajstić information content (AvgIpc) is 2.46. The zero-order valence-corrected chi connectivity index (χ0v) is 11.1. The zero-order valence-electron chi connectivity index (χ0n) is 11.1. The molecule has 0 radical (unpaired) electrons. The standard InChI is InChI=1S/C17H16O2/c1-13-5-3-4-6-15(13)10-7-14-8-11-16(12-9-14)17(18)19-2/h3-12H,1-2H3/b10-7+. The van der Waals surface area contributed by atoms with Gasteiger partial charge in [0.2, 0.25) is 0 Å². The van der Waals surface area contributed by atoms with Crippen LogP contribution in [0.4, 0.5) is 0 Å². The van der Waals surface area contributed by atoms with Crippen LogP contribution in [0, 0.1) is 6.92 Å². The van der Waals surface area contributed by atoms with Gasteiger partial charge in [0.05, 0.1) is 12.7 Å². The Morgan fingerprint density at radius 2 is 1.68 bits per heavy atom. The maximum absolute atomic E-state index is 11.3. The summed E-state index contributed by atoms with van der Waals surface area (Å²) in [5, 5.41) is 0. The number of carbonyl (C=O) groups excluding carboxylic acids is 1. The summed E-state index contributed by atoms with van der Waals surface area (Å²) in [5.74, 6) is -0.311. The number of rotatable bonds is 3. The number of hydrogen-bond acceptors (Lipinski definition) is 2. The molecule has 0 bridgehead atoms. The summed E-state index contributed by atoms with van der Waals surface area (Å²) in [6.07, 6.45) is 4.10. The van der Waals surface area contributed by atoms with E-state index in [1.165, 1.54) is 18.2 Å². The smallest absolute Gasteiger partial charge is 0.337 e. The van der Waals surface area contributed by atoms with Crippen molar-refractivity contribution in [3.63, 3.8) is 0 Å². The predicted octanol–water partition coefficient (Wildman–Crippen LogP) is 3.95. The number of ether oxygens (including phenoxy) is 1. The summed E-state index contributed by atoms with van der Waals surface area (Å²) in [7, 11) is 1.38. The first kappa shape index (κ1) is 13.1. The van der Waals surface area contributed by atoms with Crippen molar-refractivity contribution in [3.8, 4) is 0 Å². The van der Waals surface area contributed by atoms with E-state index in [-0.39, 0.29) is 5.97 Å². The molecular formula is C17H16O2. The van der Waals surface area contributed by atoms with E-state index in [0.29, 0.717) is 5.56 Å². The van der Waals surface area contributed by atoms with Crippen molar-refractivity contribution in [2.45, 2.75) is 6.92 Å². The summed E-state index contributed by atoms with van der Waals surface area (Å²) >= 11 is 0. The van der Waals surface area contributed by atoms with Crippen LogP contribution in [-0.2, 0) is 4.74 Å². The average molecular weight is 252 g/mol. The van der Waals surface area contributed by atoms with E-state index >= 15 is 0 Å². The van der Waals surface area contributed by atoms with Crippen molar-refractivity contribution in [2.75, 3.05) is 7.11 Å². The molecule has 96 valence electrons. The van der Waals surface area contributed by atoms with Crippen LogP contribution in [0.3, 0.4) is 0 Å². The highest BCUT2D eigenvalue weighted by atomic mass is 16.5. The molecule has 2 nitrogen and oxygen atoms in total. The normalized spacial score (nSPS) is 10.6. The molecule has 2 rings (SSSR count). The second kappa shape index (κ2) is 6.01. The number of esters is 1. The van der Waals surface area contributed by atoms with Crippen LogP contribution in [-0.4, -0.2) is 13.1 Å². The maximum atomic E-state index is 11.3. The molecule has 19 heavy (non-hydrogen) atoms. The molecule has 0 heterocycles. The van der Waals surface area contributed by atoms with Gasteiger partial charge >= 0.3 is 5.97 Å². The SMILES string of the molecule is COC(=O)c1ccc(/C=C/c2ccccc2C)cc1. The fraction of sp³-hybridized carbons (Fsp3) is 0.118. The van der Waals surface area contributed by atoms with Crippen molar-refractivity contribution in [1.29, 1.82) is 0 Å². The lowest BCUT2D eigenvalue weighted by atomic mass is 10.1. The molecular weight excluding hydrogens is 236 g/mol. The highest BCUT2D eigenvalue weighted by Crippen LogP contribution is 2.13. The lowest BCUT2D eigenvalue weighted by Gasteiger charge is -2.00. The van der Waals surface area contributed by atoms with Crippen molar-refractivity contribution < 1.29 is 9.53 Å². The molecule has 2 aromatic rings. The van der Waals surface area contributed by atoms with E-state index < -0.39 is 0 Å². The van der Waals surface area contributed by atoms with Gasteiger partial charge in [-0.3, -0.25) is 0 Å². The molecule has 0 unspecified atom stereocenters. The largest absolute Gasteiger partial charge is 0.465 e. The van der Waals surface area contributed by atoms with E-state index in [4.69, 9.17) is 0 Å². The second-order valence-electron chi connectivity index (χ2n) is 4.30. The molecule has 2 heteroatoms. The molecule has 0 N–H and O–H groups in total. The van der Waals surface area contributed by atoms with Gasteiger partial charge in [0.15, 0.2) is 0 Å². The van der Waals surface area contributed by atoms with E-state index in [2.05, 4.69) is 29.9 Å². The maximum Gasteiger partial charge on any atom is 0.337 e. The topological polar surface area (TPSA) is 26.3 Å². The molecule has 0 aliphatic carbocycles. The van der Waals surface area contributed by atoms with Gasteiger partial charge in [-0.1, -0.05) is 48.6 Å². The molecule has 0 aliphatic rings. The first-order chi connectivity index (χ1) is 9.20. The highest BCUT2D eigenvalue weighted by Gasteiger charge is 2.03. The van der Waals surface area contributed by atoms with Crippen molar-refractivity contribution in [2.24, 2.45) is 0 Å². The highest BCUT2D eigenvalue weighted by molar-refractivity contribution is 5.89. The Bertz CT molecular complexity index is 595. The Morgan fingerprint density at radius 3 is 2.32 bits per heavy atom. The van der Waals surface area contributed by atoms with Crippen molar-refractivity contribution in [1.82, 2.24) is 0 Å². The third-order valence-electron chi connectivity index (χ3n) is 2.98. The van der Waals surface area contributed by atoms with Crippen LogP contribution in [0.1, 0.15) is 27.0 Å². The predicted molar refractivity (Wildman–Crippen MR) is 77.9 cm³/mol. The molecule has 0 aromatic heterocycles. The van der Waals surface area contributed by atoms with E-state index in [1.807, 2.05) is 30.3 Å². The van der Waals surface area contributed by atoms with Gasteiger partial charge < -0.3 is 4.74 Å². The first-order valence-corrected chi connectivity index (χ1v) is 6.13. The van der Waals surface area contributed by atoms with Crippen molar-refractivity contribution in [3.05, 3.63) is 70.8 Å². The van der Waals surface area contributed by atoms with Crippen LogP contribution in [0.2, 0.25) is 0 Å². The fourth-order valence-electron chi connectivity index (χ4n) is 1.81.